The van der Waals surface area contributed by atoms with Crippen molar-refractivity contribution in [3.8, 4) is 11.1 Å². The second-order valence-corrected chi connectivity index (χ2v) is 13.1. The van der Waals surface area contributed by atoms with E-state index in [-0.39, 0.29) is 13.1 Å². The fourth-order valence-electron chi connectivity index (χ4n) is 4.59. The Morgan fingerprint density at radius 1 is 0.952 bits per heavy atom. The van der Waals surface area contributed by atoms with Gasteiger partial charge in [-0.25, -0.2) is 13.8 Å². The second kappa shape index (κ2) is 11.8. The molecule has 0 bridgehead atoms. The number of nitrogens with zero attached hydrogens (tertiary/aromatic N) is 1. The molecule has 1 aliphatic heterocycles. The van der Waals surface area contributed by atoms with Gasteiger partial charge in [-0.15, -0.1) is 0 Å². The Balaban J connectivity index is 1.47. The van der Waals surface area contributed by atoms with Crippen molar-refractivity contribution in [3.05, 3.63) is 81.9 Å². The zero-order chi connectivity index (χ0) is 31.0. The Bertz CT molecular complexity index is 1590. The molecular weight excluding hydrogens is 578 g/mol. The summed E-state index contributed by atoms with van der Waals surface area (Å²) in [6, 6.07) is 16.3. The second-order valence-electron chi connectivity index (χ2n) is 11.5. The maximum Gasteiger partial charge on any atom is 0.410 e. The van der Waals surface area contributed by atoms with Crippen molar-refractivity contribution < 1.29 is 28.4 Å². The Morgan fingerprint density at radius 3 is 2.24 bits per heavy atom. The maximum atomic E-state index is 13.2. The van der Waals surface area contributed by atoms with Gasteiger partial charge in [0.2, 0.25) is 0 Å². The first-order chi connectivity index (χ1) is 19.6. The molecule has 1 saturated heterocycles. The number of halogens is 1. The number of carbonyl (C=O) groups excluding carboxylic acids is 2. The summed E-state index contributed by atoms with van der Waals surface area (Å²) in [6.45, 7) is 10.3. The van der Waals surface area contributed by atoms with Gasteiger partial charge in [-0.3, -0.25) is 4.79 Å². The van der Waals surface area contributed by atoms with Crippen molar-refractivity contribution in [1.29, 1.82) is 0 Å². The summed E-state index contributed by atoms with van der Waals surface area (Å²) in [5.41, 5.74) is 2.61. The molecule has 1 atom stereocenters. The smallest absolute Gasteiger partial charge is 0.410 e. The molecule has 42 heavy (non-hydrogen) atoms. The van der Waals surface area contributed by atoms with Gasteiger partial charge >= 0.3 is 12.1 Å². The maximum absolute atomic E-state index is 13.2. The van der Waals surface area contributed by atoms with Gasteiger partial charge in [0.05, 0.1) is 18.0 Å². The Kier molecular flexibility index (Phi) is 8.71. The van der Waals surface area contributed by atoms with Gasteiger partial charge in [0, 0.05) is 16.3 Å². The summed E-state index contributed by atoms with van der Waals surface area (Å²) in [4.78, 5) is 39.4. The largest absolute Gasteiger partial charge is 0.479 e. The molecule has 0 spiro atoms. The topological polar surface area (TPSA) is 125 Å². The fraction of sp³-hybridized carbons (Fsp3) is 0.323. The molecule has 11 heteroatoms. The van der Waals surface area contributed by atoms with Crippen LogP contribution in [-0.4, -0.2) is 56.4 Å². The van der Waals surface area contributed by atoms with E-state index in [2.05, 4.69) is 10.0 Å². The van der Waals surface area contributed by atoms with Crippen LogP contribution in [0.25, 0.3) is 11.1 Å². The number of rotatable bonds is 7. The monoisotopic (exact) mass is 611 g/mol. The molecule has 222 valence electrons. The molecule has 9 nitrogen and oxygen atoms in total. The number of hydrogen-bond donors (Lipinski definition) is 3. The number of amides is 2. The SMILES string of the molecule is Cc1cc(S(=O)Nc2cccc(-c3ccc(C(=O)NC4(C(=O)O)CN(C(=O)OC(C)(C)C)C4)c(C)c3)c2)c(C)cc1Cl. The molecule has 1 aliphatic rings. The molecule has 0 aliphatic carbocycles. The third kappa shape index (κ3) is 6.77. The highest BCUT2D eigenvalue weighted by Gasteiger charge is 2.53. The minimum Gasteiger partial charge on any atom is -0.479 e. The number of ether oxygens (including phenoxy) is 1. The van der Waals surface area contributed by atoms with Gasteiger partial charge in [-0.2, -0.15) is 0 Å². The number of nitrogens with one attached hydrogen (secondary N) is 2. The number of hydrogen-bond acceptors (Lipinski definition) is 5. The third-order valence-corrected chi connectivity index (χ3v) is 8.54. The highest BCUT2D eigenvalue weighted by molar-refractivity contribution is 7.86. The first kappa shape index (κ1) is 31.1. The summed E-state index contributed by atoms with van der Waals surface area (Å²) in [6.07, 6.45) is -0.631. The molecule has 0 radical (unpaired) electrons. The lowest BCUT2D eigenvalue weighted by Gasteiger charge is -2.47. The zero-order valence-electron chi connectivity index (χ0n) is 24.3. The van der Waals surface area contributed by atoms with Crippen molar-refractivity contribution in [2.24, 2.45) is 0 Å². The number of benzene rings is 3. The molecule has 1 fully saturated rings. The number of aryl methyl sites for hydroxylation is 3. The summed E-state index contributed by atoms with van der Waals surface area (Å²) in [5, 5.41) is 13.1. The van der Waals surface area contributed by atoms with E-state index in [0.29, 0.717) is 26.7 Å². The number of carbonyl (C=O) groups is 3. The summed E-state index contributed by atoms with van der Waals surface area (Å²) >= 11 is 6.19. The molecule has 4 rings (SSSR count). The van der Waals surface area contributed by atoms with Gasteiger partial charge in [-0.1, -0.05) is 35.9 Å². The predicted octanol–water partition coefficient (Wildman–Crippen LogP) is 5.87. The number of aliphatic carboxylic acids is 1. The first-order valence-corrected chi connectivity index (χ1v) is 14.8. The number of likely N-dealkylation sites (tertiary alicyclic amines) is 1. The van der Waals surface area contributed by atoms with E-state index >= 15 is 0 Å². The van der Waals surface area contributed by atoms with Crippen LogP contribution in [0.1, 0.15) is 47.8 Å². The Morgan fingerprint density at radius 2 is 1.62 bits per heavy atom. The van der Waals surface area contributed by atoms with E-state index in [4.69, 9.17) is 16.3 Å². The molecule has 1 heterocycles. The Hall–Kier alpha value is -3.89. The number of anilines is 1. The van der Waals surface area contributed by atoms with Gasteiger partial charge in [-0.05, 0) is 99.7 Å². The minimum absolute atomic E-state index is 0.198. The minimum atomic E-state index is -1.60. The lowest BCUT2D eigenvalue weighted by molar-refractivity contribution is -0.151. The zero-order valence-corrected chi connectivity index (χ0v) is 25.9. The van der Waals surface area contributed by atoms with E-state index in [1.165, 1.54) is 4.90 Å². The standard InChI is InChI=1S/C31H34ClN3O6S/c1-18-12-22(21-8-7-9-23(15-21)34-42(40)26-14-19(2)25(32)13-20(26)3)10-11-24(18)27(36)33-31(28(37)38)16-35(17-31)29(39)41-30(4,5)6/h7-15,34H,16-17H2,1-6H3,(H,33,36)(H,37,38). The molecular formula is C31H34ClN3O6S. The number of carboxylic acid groups (broad SMARTS) is 1. The average Bonchev–Trinajstić information content (AvgIpc) is 2.86. The summed E-state index contributed by atoms with van der Waals surface area (Å²) in [5.74, 6) is -1.78. The van der Waals surface area contributed by atoms with Crippen LogP contribution in [-0.2, 0) is 20.5 Å². The van der Waals surface area contributed by atoms with E-state index in [9.17, 15) is 23.7 Å². The highest BCUT2D eigenvalue weighted by atomic mass is 35.5. The molecule has 1 unspecified atom stereocenters. The van der Waals surface area contributed by atoms with E-state index in [0.717, 1.165) is 22.3 Å². The van der Waals surface area contributed by atoms with E-state index in [1.54, 1.807) is 45.9 Å². The predicted molar refractivity (Wildman–Crippen MR) is 163 cm³/mol. The van der Waals surface area contributed by atoms with Gasteiger partial charge in [0.15, 0.2) is 16.5 Å². The molecule has 3 aromatic carbocycles. The number of carboxylic acids is 1. The Labute approximate surface area is 252 Å². The van der Waals surface area contributed by atoms with Crippen LogP contribution >= 0.6 is 11.6 Å². The van der Waals surface area contributed by atoms with Gasteiger partial charge in [0.25, 0.3) is 5.91 Å². The van der Waals surface area contributed by atoms with Crippen molar-refractivity contribution >= 4 is 46.2 Å². The molecule has 3 aromatic rings. The van der Waals surface area contributed by atoms with Crippen LogP contribution in [0.5, 0.6) is 0 Å². The van der Waals surface area contributed by atoms with Crippen LogP contribution in [0.3, 0.4) is 0 Å². The van der Waals surface area contributed by atoms with Crippen LogP contribution in [0.15, 0.2) is 59.5 Å². The average molecular weight is 612 g/mol. The summed E-state index contributed by atoms with van der Waals surface area (Å²) < 4.78 is 21.4. The first-order valence-electron chi connectivity index (χ1n) is 13.3. The van der Waals surface area contributed by atoms with Crippen molar-refractivity contribution in [2.75, 3.05) is 17.8 Å². The van der Waals surface area contributed by atoms with Gasteiger partial charge < -0.3 is 24.8 Å². The van der Waals surface area contributed by atoms with Crippen LogP contribution < -0.4 is 10.0 Å². The third-order valence-electron chi connectivity index (χ3n) is 6.87. The van der Waals surface area contributed by atoms with E-state index < -0.39 is 40.1 Å². The fourth-order valence-corrected chi connectivity index (χ4v) is 5.89. The molecule has 2 amide bonds. The van der Waals surface area contributed by atoms with Crippen LogP contribution in [0, 0.1) is 20.8 Å². The normalized spacial score (nSPS) is 14.9. The van der Waals surface area contributed by atoms with Crippen LogP contribution in [0.4, 0.5) is 10.5 Å². The van der Waals surface area contributed by atoms with Crippen molar-refractivity contribution in [2.45, 2.75) is 57.6 Å². The van der Waals surface area contributed by atoms with Crippen molar-refractivity contribution in [1.82, 2.24) is 10.2 Å². The lowest BCUT2D eigenvalue weighted by Crippen LogP contribution is -2.75. The molecule has 0 aromatic heterocycles. The lowest BCUT2D eigenvalue weighted by atomic mass is 9.89. The molecule has 3 N–H and O–H groups in total. The van der Waals surface area contributed by atoms with Gasteiger partial charge in [0.1, 0.15) is 5.60 Å². The highest BCUT2D eigenvalue weighted by Crippen LogP contribution is 2.29. The quantitative estimate of drug-likeness (QED) is 0.307. The van der Waals surface area contributed by atoms with E-state index in [1.807, 2.05) is 50.2 Å². The summed E-state index contributed by atoms with van der Waals surface area (Å²) in [7, 11) is -1.51. The van der Waals surface area contributed by atoms with Crippen molar-refractivity contribution in [3.63, 3.8) is 0 Å². The van der Waals surface area contributed by atoms with Crippen LogP contribution in [0.2, 0.25) is 5.02 Å². The molecule has 0 saturated carbocycles.